The van der Waals surface area contributed by atoms with Gasteiger partial charge in [0.05, 0.1) is 16.0 Å². The topological polar surface area (TPSA) is 72.8 Å². The SMILES string of the molecule is Cc1ccc(S(=O)(=O)CCCCCCCCOC2CCCCO2)c(C(Cl)CCCCCCCO)c1. The second-order valence-corrected chi connectivity index (χ2v) is 12.5. The van der Waals surface area contributed by atoms with E-state index >= 15 is 0 Å². The van der Waals surface area contributed by atoms with E-state index in [2.05, 4.69) is 0 Å². The van der Waals surface area contributed by atoms with Crippen molar-refractivity contribution < 1.29 is 23.0 Å². The standard InChI is InChI=1S/C28H47ClO5S/c1-24-17-18-27(25(23-24)26(29)15-9-5-4-6-11-19-30)35(31,32)22-14-8-3-2-7-12-20-33-28-16-10-13-21-34-28/h17-18,23,26,28,30H,2-16,19-22H2,1H3. The maximum Gasteiger partial charge on any atom is 0.178 e. The van der Waals surface area contributed by atoms with E-state index in [-0.39, 0.29) is 24.0 Å². The van der Waals surface area contributed by atoms with Crippen molar-refractivity contribution in [1.29, 1.82) is 0 Å². The molecule has 1 aliphatic heterocycles. The van der Waals surface area contributed by atoms with E-state index in [9.17, 15) is 8.42 Å². The lowest BCUT2D eigenvalue weighted by atomic mass is 10.0. The average Bonchev–Trinajstić information content (AvgIpc) is 2.85. The molecule has 0 amide bonds. The number of benzene rings is 1. The summed E-state index contributed by atoms with van der Waals surface area (Å²) in [4.78, 5) is 0.408. The lowest BCUT2D eigenvalue weighted by molar-refractivity contribution is -0.162. The highest BCUT2D eigenvalue weighted by molar-refractivity contribution is 7.91. The number of aliphatic hydroxyl groups excluding tert-OH is 1. The predicted molar refractivity (Wildman–Crippen MR) is 144 cm³/mol. The van der Waals surface area contributed by atoms with Crippen molar-refractivity contribution in [3.63, 3.8) is 0 Å². The zero-order valence-electron chi connectivity index (χ0n) is 21.7. The van der Waals surface area contributed by atoms with Gasteiger partial charge in [-0.3, -0.25) is 0 Å². The largest absolute Gasteiger partial charge is 0.396 e. The molecule has 0 aromatic heterocycles. The number of halogens is 1. The second kappa shape index (κ2) is 17.7. The van der Waals surface area contributed by atoms with Crippen LogP contribution in [0.25, 0.3) is 0 Å². The van der Waals surface area contributed by atoms with Crippen molar-refractivity contribution in [2.45, 2.75) is 120 Å². The molecule has 1 aromatic carbocycles. The summed E-state index contributed by atoms with van der Waals surface area (Å²) in [6, 6.07) is 5.55. The quantitative estimate of drug-likeness (QED) is 0.150. The van der Waals surface area contributed by atoms with Crippen LogP contribution in [0.4, 0.5) is 0 Å². The normalized spacial score (nSPS) is 17.5. The van der Waals surface area contributed by atoms with Gasteiger partial charge in [-0.1, -0.05) is 69.1 Å². The van der Waals surface area contributed by atoms with Gasteiger partial charge in [-0.15, -0.1) is 11.6 Å². The van der Waals surface area contributed by atoms with Gasteiger partial charge in [-0.25, -0.2) is 8.42 Å². The first-order chi connectivity index (χ1) is 16.9. The monoisotopic (exact) mass is 530 g/mol. The van der Waals surface area contributed by atoms with Gasteiger partial charge in [0, 0.05) is 19.8 Å². The van der Waals surface area contributed by atoms with Gasteiger partial charge >= 0.3 is 0 Å². The van der Waals surface area contributed by atoms with Crippen LogP contribution in [0.5, 0.6) is 0 Å². The molecule has 202 valence electrons. The lowest BCUT2D eigenvalue weighted by Crippen LogP contribution is -2.22. The first kappa shape index (κ1) is 30.6. The molecular weight excluding hydrogens is 484 g/mol. The Bertz CT molecular complexity index is 793. The summed E-state index contributed by atoms with van der Waals surface area (Å²) in [5.74, 6) is 0.177. The highest BCUT2D eigenvalue weighted by atomic mass is 35.5. The first-order valence-electron chi connectivity index (χ1n) is 13.8. The summed E-state index contributed by atoms with van der Waals surface area (Å²) in [6.07, 6.45) is 14.9. The van der Waals surface area contributed by atoms with Crippen LogP contribution in [-0.4, -0.2) is 45.4 Å². The van der Waals surface area contributed by atoms with E-state index in [0.717, 1.165) is 108 Å². The van der Waals surface area contributed by atoms with E-state index in [4.69, 9.17) is 26.2 Å². The van der Waals surface area contributed by atoms with Crippen LogP contribution in [0.2, 0.25) is 0 Å². The molecule has 1 saturated heterocycles. The summed E-state index contributed by atoms with van der Waals surface area (Å²) >= 11 is 6.70. The number of aryl methyl sites for hydroxylation is 1. The fraction of sp³-hybridized carbons (Fsp3) is 0.786. The molecule has 1 heterocycles. The smallest absolute Gasteiger partial charge is 0.178 e. The van der Waals surface area contributed by atoms with Crippen molar-refractivity contribution >= 4 is 21.4 Å². The molecule has 35 heavy (non-hydrogen) atoms. The Morgan fingerprint density at radius 1 is 1.00 bits per heavy atom. The molecular formula is C28H47ClO5S. The van der Waals surface area contributed by atoms with Crippen LogP contribution in [0.1, 0.15) is 113 Å². The number of aliphatic hydroxyl groups is 1. The predicted octanol–water partition coefficient (Wildman–Crippen LogP) is 7.27. The molecule has 0 bridgehead atoms. The van der Waals surface area contributed by atoms with Gasteiger partial charge in [0.25, 0.3) is 0 Å². The molecule has 0 radical (unpaired) electrons. The van der Waals surface area contributed by atoms with E-state index in [0.29, 0.717) is 11.3 Å². The van der Waals surface area contributed by atoms with Gasteiger partial charge in [0.1, 0.15) is 0 Å². The van der Waals surface area contributed by atoms with Crippen molar-refractivity contribution in [1.82, 2.24) is 0 Å². The summed E-state index contributed by atoms with van der Waals surface area (Å²) in [5.41, 5.74) is 1.79. The Kier molecular flexibility index (Phi) is 15.5. The van der Waals surface area contributed by atoms with Crippen LogP contribution in [0.15, 0.2) is 23.1 Å². The number of ether oxygens (including phenoxy) is 2. The summed E-state index contributed by atoms with van der Waals surface area (Å²) in [5, 5.41) is 8.59. The molecule has 2 rings (SSSR count). The minimum Gasteiger partial charge on any atom is -0.396 e. The van der Waals surface area contributed by atoms with Gasteiger partial charge < -0.3 is 14.6 Å². The number of sulfone groups is 1. The van der Waals surface area contributed by atoms with Crippen LogP contribution >= 0.6 is 11.6 Å². The Hall–Kier alpha value is -0.660. The Balaban J connectivity index is 1.68. The van der Waals surface area contributed by atoms with Gasteiger partial charge in [-0.2, -0.15) is 0 Å². The van der Waals surface area contributed by atoms with Crippen LogP contribution in [0, 0.1) is 6.92 Å². The molecule has 0 aliphatic carbocycles. The van der Waals surface area contributed by atoms with Crippen molar-refractivity contribution in [3.05, 3.63) is 29.3 Å². The van der Waals surface area contributed by atoms with E-state index in [1.165, 1.54) is 6.42 Å². The third-order valence-electron chi connectivity index (χ3n) is 6.70. The highest BCUT2D eigenvalue weighted by Gasteiger charge is 2.22. The second-order valence-electron chi connectivity index (χ2n) is 9.90. The maximum atomic E-state index is 13.1. The van der Waals surface area contributed by atoms with Gasteiger partial charge in [-0.05, 0) is 63.5 Å². The van der Waals surface area contributed by atoms with Crippen molar-refractivity contribution in [2.24, 2.45) is 0 Å². The molecule has 1 aliphatic rings. The zero-order chi connectivity index (χ0) is 25.4. The molecule has 2 atom stereocenters. The minimum absolute atomic E-state index is 0.00919. The Morgan fingerprint density at radius 3 is 2.40 bits per heavy atom. The van der Waals surface area contributed by atoms with E-state index in [1.807, 2.05) is 19.1 Å². The third-order valence-corrected chi connectivity index (χ3v) is 9.02. The van der Waals surface area contributed by atoms with Gasteiger partial charge in [0.2, 0.25) is 0 Å². The molecule has 0 saturated carbocycles. The highest BCUT2D eigenvalue weighted by Crippen LogP contribution is 2.33. The van der Waals surface area contributed by atoms with E-state index < -0.39 is 9.84 Å². The van der Waals surface area contributed by atoms with Crippen LogP contribution < -0.4 is 0 Å². The average molecular weight is 531 g/mol. The minimum atomic E-state index is -3.36. The molecule has 1 N–H and O–H groups in total. The molecule has 7 heteroatoms. The Labute approximate surface area is 218 Å². The number of unbranched alkanes of at least 4 members (excludes halogenated alkanes) is 9. The number of rotatable bonds is 19. The van der Waals surface area contributed by atoms with E-state index in [1.54, 1.807) is 6.07 Å². The summed E-state index contributed by atoms with van der Waals surface area (Å²) in [7, 11) is -3.36. The van der Waals surface area contributed by atoms with Crippen LogP contribution in [0.3, 0.4) is 0 Å². The maximum absolute atomic E-state index is 13.1. The van der Waals surface area contributed by atoms with Crippen LogP contribution in [-0.2, 0) is 19.3 Å². The zero-order valence-corrected chi connectivity index (χ0v) is 23.3. The number of alkyl halides is 1. The first-order valence-corrected chi connectivity index (χ1v) is 15.8. The molecule has 1 fully saturated rings. The summed E-state index contributed by atoms with van der Waals surface area (Å²) in [6.45, 7) is 3.78. The number of hydrogen-bond acceptors (Lipinski definition) is 5. The van der Waals surface area contributed by atoms with Crippen molar-refractivity contribution in [2.75, 3.05) is 25.6 Å². The molecule has 1 aromatic rings. The lowest BCUT2D eigenvalue weighted by Gasteiger charge is -2.22. The number of hydrogen-bond donors (Lipinski definition) is 1. The fourth-order valence-electron chi connectivity index (χ4n) is 4.59. The van der Waals surface area contributed by atoms with Gasteiger partial charge in [0.15, 0.2) is 16.1 Å². The molecule has 2 unspecified atom stereocenters. The Morgan fingerprint density at radius 2 is 1.69 bits per heavy atom. The fourth-order valence-corrected chi connectivity index (χ4v) is 6.62. The molecule has 5 nitrogen and oxygen atoms in total. The summed E-state index contributed by atoms with van der Waals surface area (Å²) < 4.78 is 37.6. The van der Waals surface area contributed by atoms with Crippen molar-refractivity contribution in [3.8, 4) is 0 Å². The molecule has 0 spiro atoms. The third kappa shape index (κ3) is 12.4.